The van der Waals surface area contributed by atoms with E-state index in [1.54, 1.807) is 12.1 Å². The first-order valence-electron chi connectivity index (χ1n) is 8.95. The Morgan fingerprint density at radius 3 is 2.97 bits per heavy atom. The number of pyridine rings is 2. The van der Waals surface area contributed by atoms with Crippen LogP contribution in [0, 0.1) is 5.95 Å². The Bertz CT molecular complexity index is 1050. The smallest absolute Gasteiger partial charge is 0.328 e. The molecule has 1 aliphatic rings. The molecule has 0 bridgehead atoms. The molecule has 0 saturated heterocycles. The molecule has 10 heteroatoms. The summed E-state index contributed by atoms with van der Waals surface area (Å²) in [6.07, 6.45) is 3.42. The second kappa shape index (κ2) is 8.05. The molecule has 0 saturated carbocycles. The van der Waals surface area contributed by atoms with E-state index in [1.807, 2.05) is 6.07 Å². The van der Waals surface area contributed by atoms with Gasteiger partial charge < -0.3 is 10.1 Å². The van der Waals surface area contributed by atoms with Crippen LogP contribution in [0.5, 0.6) is 5.88 Å². The van der Waals surface area contributed by atoms with Crippen LogP contribution in [-0.2, 0) is 0 Å². The minimum absolute atomic E-state index is 0.313. The largest absolute Gasteiger partial charge is 0.481 e. The molecule has 0 unspecified atom stereocenters. The van der Waals surface area contributed by atoms with Gasteiger partial charge in [-0.15, -0.1) is 0 Å². The van der Waals surface area contributed by atoms with Gasteiger partial charge >= 0.3 is 6.03 Å². The molecule has 0 aliphatic carbocycles. The van der Waals surface area contributed by atoms with Crippen LogP contribution in [0.15, 0.2) is 42.9 Å². The number of nitrogens with zero attached hydrogens (tertiary/aromatic N) is 5. The Morgan fingerprint density at radius 2 is 2.14 bits per heavy atom. The maximum Gasteiger partial charge on any atom is 0.328 e. The molecule has 0 aromatic carbocycles. The first-order chi connectivity index (χ1) is 14.1. The quantitative estimate of drug-likeness (QED) is 0.657. The van der Waals surface area contributed by atoms with Crippen LogP contribution in [0.1, 0.15) is 6.42 Å². The van der Waals surface area contributed by atoms with E-state index in [0.717, 1.165) is 12.1 Å². The standard InChI is InChI=1S/C19H18FN7O2/c1-29-17-10-16(23-11-24-17)26-19(28)27-8-2-6-21-14-4-3-13(25-18(14)27)12-5-7-22-15(20)9-12/h3-5,7,9-11,21H,2,6,8H2,1H3,(H,23,24,26,28). The minimum atomic E-state index is -0.593. The van der Waals surface area contributed by atoms with Crippen molar-refractivity contribution in [1.29, 1.82) is 0 Å². The normalized spacial score (nSPS) is 13.1. The molecule has 4 heterocycles. The van der Waals surface area contributed by atoms with Gasteiger partial charge in [0.1, 0.15) is 12.1 Å². The number of hydrogen-bond acceptors (Lipinski definition) is 7. The number of ether oxygens (including phenoxy) is 1. The number of hydrogen-bond donors (Lipinski definition) is 2. The number of rotatable bonds is 3. The molecule has 148 valence electrons. The first-order valence-corrected chi connectivity index (χ1v) is 8.95. The Kier molecular flexibility index (Phi) is 5.14. The zero-order valence-corrected chi connectivity index (χ0v) is 15.6. The SMILES string of the molecule is COc1cc(NC(=O)N2CCCNc3ccc(-c4ccnc(F)c4)nc32)ncn1. The van der Waals surface area contributed by atoms with E-state index in [-0.39, 0.29) is 6.03 Å². The summed E-state index contributed by atoms with van der Waals surface area (Å²) < 4.78 is 18.6. The Morgan fingerprint density at radius 1 is 1.24 bits per heavy atom. The highest BCUT2D eigenvalue weighted by Gasteiger charge is 2.24. The van der Waals surface area contributed by atoms with Crippen LogP contribution in [0.3, 0.4) is 0 Å². The molecular weight excluding hydrogens is 377 g/mol. The van der Waals surface area contributed by atoms with Crippen LogP contribution in [0.2, 0.25) is 0 Å². The fourth-order valence-electron chi connectivity index (χ4n) is 2.98. The third-order valence-electron chi connectivity index (χ3n) is 4.36. The van der Waals surface area contributed by atoms with Crippen LogP contribution >= 0.6 is 0 Å². The second-order valence-electron chi connectivity index (χ2n) is 6.24. The fraction of sp³-hybridized carbons (Fsp3) is 0.211. The van der Waals surface area contributed by atoms with E-state index < -0.39 is 5.95 Å². The van der Waals surface area contributed by atoms with Gasteiger partial charge in [-0.3, -0.25) is 10.2 Å². The summed E-state index contributed by atoms with van der Waals surface area (Å²) in [4.78, 5) is 30.6. The highest BCUT2D eigenvalue weighted by atomic mass is 19.1. The lowest BCUT2D eigenvalue weighted by Crippen LogP contribution is -2.36. The summed E-state index contributed by atoms with van der Waals surface area (Å²) in [5.74, 6) is 0.516. The van der Waals surface area contributed by atoms with Crippen molar-refractivity contribution < 1.29 is 13.9 Å². The van der Waals surface area contributed by atoms with Gasteiger partial charge in [-0.25, -0.2) is 24.7 Å². The average Bonchev–Trinajstić information content (AvgIpc) is 2.96. The lowest BCUT2D eigenvalue weighted by Gasteiger charge is -2.22. The highest BCUT2D eigenvalue weighted by molar-refractivity contribution is 6.02. The van der Waals surface area contributed by atoms with Crippen molar-refractivity contribution in [2.45, 2.75) is 6.42 Å². The van der Waals surface area contributed by atoms with Crippen molar-refractivity contribution in [3.63, 3.8) is 0 Å². The van der Waals surface area contributed by atoms with Crippen LogP contribution in [0.4, 0.5) is 26.5 Å². The number of aromatic nitrogens is 4. The number of carbonyl (C=O) groups is 1. The van der Waals surface area contributed by atoms with Crippen molar-refractivity contribution in [1.82, 2.24) is 19.9 Å². The molecule has 0 radical (unpaired) electrons. The molecule has 9 nitrogen and oxygen atoms in total. The zero-order valence-electron chi connectivity index (χ0n) is 15.6. The monoisotopic (exact) mass is 395 g/mol. The molecular formula is C19H18FN7O2. The predicted octanol–water partition coefficient (Wildman–Crippen LogP) is 2.94. The topological polar surface area (TPSA) is 105 Å². The molecule has 2 amide bonds. The van der Waals surface area contributed by atoms with E-state index >= 15 is 0 Å². The number of amides is 2. The van der Waals surface area contributed by atoms with Crippen LogP contribution < -0.4 is 20.3 Å². The van der Waals surface area contributed by atoms with Crippen LogP contribution in [-0.4, -0.2) is 46.2 Å². The molecule has 2 N–H and O–H groups in total. The summed E-state index contributed by atoms with van der Waals surface area (Å²) >= 11 is 0. The van der Waals surface area contributed by atoms with E-state index in [1.165, 1.54) is 36.7 Å². The maximum absolute atomic E-state index is 13.5. The molecule has 29 heavy (non-hydrogen) atoms. The van der Waals surface area contributed by atoms with Crippen molar-refractivity contribution in [2.24, 2.45) is 0 Å². The summed E-state index contributed by atoms with van der Waals surface area (Å²) in [5.41, 5.74) is 1.83. The molecule has 0 fully saturated rings. The number of nitrogens with one attached hydrogen (secondary N) is 2. The summed E-state index contributed by atoms with van der Waals surface area (Å²) in [7, 11) is 1.48. The van der Waals surface area contributed by atoms with Gasteiger partial charge in [-0.05, 0) is 24.6 Å². The molecule has 1 aliphatic heterocycles. The van der Waals surface area contributed by atoms with Crippen molar-refractivity contribution in [2.75, 3.05) is 35.7 Å². The Labute approximate surface area is 166 Å². The lowest BCUT2D eigenvalue weighted by atomic mass is 10.1. The Balaban J connectivity index is 1.66. The number of carbonyl (C=O) groups excluding carboxylic acids is 1. The number of anilines is 3. The van der Waals surface area contributed by atoms with Crippen molar-refractivity contribution >= 4 is 23.4 Å². The van der Waals surface area contributed by atoms with Gasteiger partial charge in [0.15, 0.2) is 5.82 Å². The molecule has 0 atom stereocenters. The highest BCUT2D eigenvalue weighted by Crippen LogP contribution is 2.30. The maximum atomic E-state index is 13.5. The molecule has 4 rings (SSSR count). The third-order valence-corrected chi connectivity index (χ3v) is 4.36. The van der Waals surface area contributed by atoms with Gasteiger partial charge in [0.2, 0.25) is 11.8 Å². The van der Waals surface area contributed by atoms with Gasteiger partial charge in [0, 0.05) is 37.0 Å². The lowest BCUT2D eigenvalue weighted by molar-refractivity contribution is 0.256. The molecule has 3 aromatic rings. The summed E-state index contributed by atoms with van der Waals surface area (Å²) in [6, 6.07) is 7.71. The minimum Gasteiger partial charge on any atom is -0.481 e. The fourth-order valence-corrected chi connectivity index (χ4v) is 2.98. The van der Waals surface area contributed by atoms with Crippen LogP contribution in [0.25, 0.3) is 11.3 Å². The first kappa shape index (κ1) is 18.5. The summed E-state index contributed by atoms with van der Waals surface area (Å²) in [5, 5.41) is 6.01. The molecule has 0 spiro atoms. The number of halogens is 1. The van der Waals surface area contributed by atoms with E-state index in [9.17, 15) is 9.18 Å². The Hall–Kier alpha value is -3.82. The predicted molar refractivity (Wildman–Crippen MR) is 105 cm³/mol. The van der Waals surface area contributed by atoms with E-state index in [2.05, 4.69) is 30.6 Å². The van der Waals surface area contributed by atoms with Gasteiger partial charge in [-0.1, -0.05) is 0 Å². The summed E-state index contributed by atoms with van der Waals surface area (Å²) in [6.45, 7) is 1.15. The number of urea groups is 1. The number of fused-ring (bicyclic) bond motifs is 1. The van der Waals surface area contributed by atoms with Gasteiger partial charge in [0.25, 0.3) is 0 Å². The van der Waals surface area contributed by atoms with E-state index in [4.69, 9.17) is 4.74 Å². The second-order valence-corrected chi connectivity index (χ2v) is 6.24. The van der Waals surface area contributed by atoms with Gasteiger partial charge in [0.05, 0.1) is 18.5 Å². The van der Waals surface area contributed by atoms with Crippen molar-refractivity contribution in [3.8, 4) is 17.1 Å². The zero-order chi connectivity index (χ0) is 20.2. The third kappa shape index (κ3) is 4.05. The average molecular weight is 395 g/mol. The number of methoxy groups -OCH3 is 1. The van der Waals surface area contributed by atoms with Gasteiger partial charge in [-0.2, -0.15) is 4.39 Å². The van der Waals surface area contributed by atoms with E-state index in [0.29, 0.717) is 41.9 Å². The van der Waals surface area contributed by atoms with Crippen molar-refractivity contribution in [3.05, 3.63) is 48.8 Å². The molecule has 3 aromatic heterocycles.